The van der Waals surface area contributed by atoms with Crippen LogP contribution >= 0.6 is 0 Å². The molecule has 1 aliphatic carbocycles. The summed E-state index contributed by atoms with van der Waals surface area (Å²) in [7, 11) is 0. The zero-order valence-electron chi connectivity index (χ0n) is 7.76. The molecule has 0 bridgehead atoms. The van der Waals surface area contributed by atoms with E-state index in [1.54, 1.807) is 6.92 Å². The largest absolute Gasteiger partial charge is 0.478 e. The Kier molecular flexibility index (Phi) is 2.55. The Morgan fingerprint density at radius 3 is 2.33 bits per heavy atom. The molecule has 0 unspecified atom stereocenters. The van der Waals surface area contributed by atoms with Crippen LogP contribution in [0.2, 0.25) is 0 Å². The second-order valence-corrected chi connectivity index (χ2v) is 3.99. The Labute approximate surface area is 73.3 Å². The summed E-state index contributed by atoms with van der Waals surface area (Å²) in [5, 5.41) is 8.69. The van der Waals surface area contributed by atoms with Crippen LogP contribution in [0.25, 0.3) is 0 Å². The second kappa shape index (κ2) is 3.30. The summed E-state index contributed by atoms with van der Waals surface area (Å²) in [5.41, 5.74) is 0.641. The quantitative estimate of drug-likeness (QED) is 0.643. The van der Waals surface area contributed by atoms with Gasteiger partial charge in [-0.3, -0.25) is 0 Å². The van der Waals surface area contributed by atoms with Gasteiger partial charge in [0.1, 0.15) is 0 Å². The lowest BCUT2D eigenvalue weighted by molar-refractivity contribution is -0.132. The maximum Gasteiger partial charge on any atom is 0.330 e. The average molecular weight is 168 g/mol. The molecule has 1 aliphatic rings. The molecule has 1 fully saturated rings. The molecule has 0 saturated heterocycles. The van der Waals surface area contributed by atoms with Gasteiger partial charge >= 0.3 is 5.97 Å². The van der Waals surface area contributed by atoms with Crippen molar-refractivity contribution in [3.63, 3.8) is 0 Å². The van der Waals surface area contributed by atoms with Crippen molar-refractivity contribution in [1.82, 2.24) is 0 Å². The fourth-order valence-corrected chi connectivity index (χ4v) is 1.91. The van der Waals surface area contributed by atoms with Crippen LogP contribution in [0.4, 0.5) is 0 Å². The smallest absolute Gasteiger partial charge is 0.330 e. The Morgan fingerprint density at radius 1 is 1.42 bits per heavy atom. The lowest BCUT2D eigenvalue weighted by Gasteiger charge is -2.18. The van der Waals surface area contributed by atoms with Crippen molar-refractivity contribution in [2.45, 2.75) is 39.5 Å². The maximum atomic E-state index is 10.6. The van der Waals surface area contributed by atoms with Gasteiger partial charge in [-0.05, 0) is 25.2 Å². The molecule has 0 heterocycles. The minimum absolute atomic E-state index is 0.155. The van der Waals surface area contributed by atoms with Crippen molar-refractivity contribution >= 4 is 5.97 Å². The maximum absolute atomic E-state index is 10.6. The van der Waals surface area contributed by atoms with E-state index in [4.69, 9.17) is 5.11 Å². The monoisotopic (exact) mass is 168 g/mol. The molecular weight excluding hydrogens is 152 g/mol. The fraction of sp³-hybridized carbons (Fsp3) is 0.700. The lowest BCUT2D eigenvalue weighted by atomic mass is 9.87. The molecule has 12 heavy (non-hydrogen) atoms. The van der Waals surface area contributed by atoms with Gasteiger partial charge in [-0.15, -0.1) is 0 Å². The molecule has 2 heteroatoms. The molecular formula is C10H16O2. The van der Waals surface area contributed by atoms with Crippen LogP contribution in [-0.2, 0) is 4.79 Å². The molecule has 0 aliphatic heterocycles. The third-order valence-corrected chi connectivity index (χ3v) is 2.65. The van der Waals surface area contributed by atoms with E-state index in [0.29, 0.717) is 5.57 Å². The molecule has 0 aromatic rings. The number of allylic oxidation sites excluding steroid dienone is 1. The fourth-order valence-electron chi connectivity index (χ4n) is 1.91. The first kappa shape index (κ1) is 9.30. The zero-order chi connectivity index (χ0) is 9.19. The summed E-state index contributed by atoms with van der Waals surface area (Å²) in [6.07, 6.45) is 6.66. The first-order valence-corrected chi connectivity index (χ1v) is 4.46. The highest BCUT2D eigenvalue weighted by atomic mass is 16.4. The Bertz CT molecular complexity index is 210. The number of rotatable bonds is 2. The molecule has 0 atom stereocenters. The molecule has 2 nitrogen and oxygen atoms in total. The summed E-state index contributed by atoms with van der Waals surface area (Å²) in [5.74, 6) is -0.789. The number of carboxylic acid groups (broad SMARTS) is 1. The van der Waals surface area contributed by atoms with Crippen LogP contribution in [0.1, 0.15) is 39.5 Å². The number of hydrogen-bond donors (Lipinski definition) is 1. The molecule has 1 rings (SSSR count). The van der Waals surface area contributed by atoms with Gasteiger partial charge in [0, 0.05) is 5.57 Å². The van der Waals surface area contributed by atoms with Crippen molar-refractivity contribution in [3.05, 3.63) is 11.6 Å². The summed E-state index contributed by atoms with van der Waals surface area (Å²) >= 11 is 0. The highest BCUT2D eigenvalue weighted by Crippen LogP contribution is 2.39. The van der Waals surface area contributed by atoms with Crippen molar-refractivity contribution in [3.8, 4) is 0 Å². The SMILES string of the molecule is CC(=CC1(C)CCCC1)C(=O)O. The molecule has 0 radical (unpaired) electrons. The summed E-state index contributed by atoms with van der Waals surface area (Å²) in [6, 6.07) is 0. The minimum atomic E-state index is -0.789. The zero-order valence-corrected chi connectivity index (χ0v) is 7.76. The summed E-state index contributed by atoms with van der Waals surface area (Å²) < 4.78 is 0. The van der Waals surface area contributed by atoms with Gasteiger partial charge in [0.25, 0.3) is 0 Å². The van der Waals surface area contributed by atoms with Crippen LogP contribution in [0.5, 0.6) is 0 Å². The molecule has 0 aromatic carbocycles. The topological polar surface area (TPSA) is 37.3 Å². The number of carboxylic acids is 1. The molecule has 0 spiro atoms. The van der Waals surface area contributed by atoms with Crippen LogP contribution in [0, 0.1) is 5.41 Å². The van der Waals surface area contributed by atoms with Crippen molar-refractivity contribution in [2.24, 2.45) is 5.41 Å². The van der Waals surface area contributed by atoms with E-state index in [1.165, 1.54) is 12.8 Å². The summed E-state index contributed by atoms with van der Waals surface area (Å²) in [6.45, 7) is 3.82. The highest BCUT2D eigenvalue weighted by Gasteiger charge is 2.26. The van der Waals surface area contributed by atoms with E-state index in [1.807, 2.05) is 6.08 Å². The van der Waals surface area contributed by atoms with Crippen LogP contribution in [-0.4, -0.2) is 11.1 Å². The van der Waals surface area contributed by atoms with Crippen molar-refractivity contribution in [2.75, 3.05) is 0 Å². The first-order valence-electron chi connectivity index (χ1n) is 4.46. The Balaban J connectivity index is 2.70. The van der Waals surface area contributed by atoms with E-state index in [2.05, 4.69) is 6.92 Å². The normalized spacial score (nSPS) is 22.7. The van der Waals surface area contributed by atoms with E-state index in [0.717, 1.165) is 12.8 Å². The van der Waals surface area contributed by atoms with Crippen LogP contribution in [0.15, 0.2) is 11.6 Å². The third-order valence-electron chi connectivity index (χ3n) is 2.65. The molecule has 68 valence electrons. The lowest BCUT2D eigenvalue weighted by Crippen LogP contribution is -2.09. The van der Waals surface area contributed by atoms with E-state index < -0.39 is 5.97 Å². The van der Waals surface area contributed by atoms with Gasteiger partial charge in [-0.1, -0.05) is 25.8 Å². The summed E-state index contributed by atoms with van der Waals surface area (Å²) in [4.78, 5) is 10.6. The van der Waals surface area contributed by atoms with E-state index in [-0.39, 0.29) is 5.41 Å². The standard InChI is InChI=1S/C10H16O2/c1-8(9(11)12)7-10(2)5-3-4-6-10/h7H,3-6H2,1-2H3,(H,11,12). The number of aliphatic carboxylic acids is 1. The van der Waals surface area contributed by atoms with Gasteiger partial charge in [-0.25, -0.2) is 4.79 Å². The molecule has 0 amide bonds. The second-order valence-electron chi connectivity index (χ2n) is 3.99. The van der Waals surface area contributed by atoms with Crippen LogP contribution < -0.4 is 0 Å². The van der Waals surface area contributed by atoms with Gasteiger partial charge in [0.05, 0.1) is 0 Å². The predicted molar refractivity (Wildman–Crippen MR) is 48.0 cm³/mol. The van der Waals surface area contributed by atoms with Crippen LogP contribution in [0.3, 0.4) is 0 Å². The molecule has 0 aromatic heterocycles. The van der Waals surface area contributed by atoms with E-state index >= 15 is 0 Å². The van der Waals surface area contributed by atoms with Crippen molar-refractivity contribution < 1.29 is 9.90 Å². The van der Waals surface area contributed by atoms with Gasteiger partial charge < -0.3 is 5.11 Å². The number of hydrogen-bond acceptors (Lipinski definition) is 1. The van der Waals surface area contributed by atoms with E-state index in [9.17, 15) is 4.79 Å². The molecule has 1 saturated carbocycles. The van der Waals surface area contributed by atoms with Gasteiger partial charge in [-0.2, -0.15) is 0 Å². The minimum Gasteiger partial charge on any atom is -0.478 e. The predicted octanol–water partition coefficient (Wildman–Crippen LogP) is 2.60. The highest BCUT2D eigenvalue weighted by molar-refractivity contribution is 5.85. The third kappa shape index (κ3) is 2.10. The van der Waals surface area contributed by atoms with Crippen molar-refractivity contribution in [1.29, 1.82) is 0 Å². The number of carbonyl (C=O) groups is 1. The van der Waals surface area contributed by atoms with Gasteiger partial charge in [0.15, 0.2) is 0 Å². The Hall–Kier alpha value is -0.790. The molecule has 1 N–H and O–H groups in total. The average Bonchev–Trinajstić information content (AvgIpc) is 2.35. The first-order chi connectivity index (χ1) is 5.53. The Morgan fingerprint density at radius 2 is 1.92 bits per heavy atom. The van der Waals surface area contributed by atoms with Gasteiger partial charge in [0.2, 0.25) is 0 Å².